The van der Waals surface area contributed by atoms with E-state index < -0.39 is 26.5 Å². The monoisotopic (exact) mass is 1130 g/mol. The number of unbranched alkanes of at least 4 members (excludes halogenated alkanes) is 24. The minimum absolute atomic E-state index is 0.0240. The summed E-state index contributed by atoms with van der Waals surface area (Å²) >= 11 is 0. The van der Waals surface area contributed by atoms with E-state index in [0.717, 1.165) is 109 Å². The Hall–Kier alpha value is -3.59. The third kappa shape index (κ3) is 63.6. The van der Waals surface area contributed by atoms with Gasteiger partial charge in [0.2, 0.25) is 0 Å². The number of hydrogen-bond donors (Lipinski definition) is 1. The molecule has 80 heavy (non-hydrogen) atoms. The van der Waals surface area contributed by atoms with Crippen LogP contribution in [0.3, 0.4) is 0 Å². The second kappa shape index (κ2) is 60.0. The van der Waals surface area contributed by atoms with Crippen LogP contribution in [0, 0.1) is 0 Å². The Kier molecular flexibility index (Phi) is 57.3. The molecule has 0 heterocycles. The quantitative estimate of drug-likeness (QED) is 0.0211. The molecule has 0 bridgehead atoms. The number of likely N-dealkylation sites (N-methyl/N-ethyl adjacent to an activating group) is 1. The molecule has 0 aliphatic carbocycles. The van der Waals surface area contributed by atoms with Crippen LogP contribution in [0.2, 0.25) is 0 Å². The van der Waals surface area contributed by atoms with E-state index in [4.69, 9.17) is 18.5 Å². The van der Waals surface area contributed by atoms with Crippen LogP contribution in [-0.2, 0) is 32.7 Å². The SMILES string of the molecule is CC/C=C\C/C=C\C/C=C\C/C=C\C/C=C\C/C=C\C/C=C\CCCCCCCCCCCCCCCC(=O)OC(COC(=O)CCCCCCCC/C=C\C/C=C\C/C=C\CCCCCCC)COP(=O)(O)OCC[N+](C)(C)C. The minimum atomic E-state index is -4.40. The molecule has 0 amide bonds. The van der Waals surface area contributed by atoms with E-state index >= 15 is 0 Å². The molecule has 0 aliphatic heterocycles. The smallest absolute Gasteiger partial charge is 0.462 e. The van der Waals surface area contributed by atoms with Gasteiger partial charge in [0.15, 0.2) is 6.10 Å². The van der Waals surface area contributed by atoms with Gasteiger partial charge in [-0.05, 0) is 109 Å². The molecular formula is C70H121NO8P+. The van der Waals surface area contributed by atoms with Gasteiger partial charge in [-0.15, -0.1) is 0 Å². The van der Waals surface area contributed by atoms with Gasteiger partial charge in [-0.3, -0.25) is 18.6 Å². The fourth-order valence-electron chi connectivity index (χ4n) is 8.53. The predicted octanol–water partition coefficient (Wildman–Crippen LogP) is 20.7. The number of quaternary nitrogens is 1. The van der Waals surface area contributed by atoms with E-state index in [0.29, 0.717) is 17.4 Å². The second-order valence-electron chi connectivity index (χ2n) is 22.4. The Morgan fingerprint density at radius 1 is 0.400 bits per heavy atom. The zero-order valence-electron chi connectivity index (χ0n) is 52.0. The van der Waals surface area contributed by atoms with Gasteiger partial charge in [0.1, 0.15) is 19.8 Å². The van der Waals surface area contributed by atoms with Crippen molar-refractivity contribution >= 4 is 19.8 Å². The summed E-state index contributed by atoms with van der Waals surface area (Å²) in [5.41, 5.74) is 0. The van der Waals surface area contributed by atoms with E-state index in [9.17, 15) is 19.0 Å². The summed E-state index contributed by atoms with van der Waals surface area (Å²) in [4.78, 5) is 35.8. The highest BCUT2D eigenvalue weighted by Gasteiger charge is 2.27. The molecule has 0 fully saturated rings. The van der Waals surface area contributed by atoms with Crippen molar-refractivity contribution in [2.75, 3.05) is 47.5 Å². The summed E-state index contributed by atoms with van der Waals surface area (Å²) < 4.78 is 34.6. The molecule has 0 saturated carbocycles. The molecule has 0 aliphatic rings. The van der Waals surface area contributed by atoms with Crippen molar-refractivity contribution in [3.8, 4) is 0 Å². The first kappa shape index (κ1) is 76.4. The first-order chi connectivity index (χ1) is 39.0. The Morgan fingerprint density at radius 3 is 1.06 bits per heavy atom. The summed E-state index contributed by atoms with van der Waals surface area (Å²) in [7, 11) is 1.46. The minimum Gasteiger partial charge on any atom is -0.462 e. The molecule has 2 unspecified atom stereocenters. The number of carbonyl (C=O) groups excluding carboxylic acids is 2. The largest absolute Gasteiger partial charge is 0.472 e. The number of esters is 2. The third-order valence-corrected chi connectivity index (χ3v) is 14.5. The number of ether oxygens (including phenoxy) is 2. The summed E-state index contributed by atoms with van der Waals surface area (Å²) in [6.45, 7) is 4.29. The molecule has 0 aromatic carbocycles. The Morgan fingerprint density at radius 2 is 0.713 bits per heavy atom. The number of hydrogen-bond acceptors (Lipinski definition) is 7. The highest BCUT2D eigenvalue weighted by molar-refractivity contribution is 7.47. The molecule has 0 rings (SSSR count). The zero-order chi connectivity index (χ0) is 58.4. The van der Waals surface area contributed by atoms with Crippen molar-refractivity contribution in [1.29, 1.82) is 0 Å². The van der Waals surface area contributed by atoms with Crippen molar-refractivity contribution in [3.63, 3.8) is 0 Å². The van der Waals surface area contributed by atoms with Crippen molar-refractivity contribution in [1.82, 2.24) is 0 Å². The van der Waals surface area contributed by atoms with Gasteiger partial charge in [0.25, 0.3) is 0 Å². The Bertz CT molecular complexity index is 1760. The van der Waals surface area contributed by atoms with Crippen LogP contribution in [0.15, 0.2) is 122 Å². The van der Waals surface area contributed by atoms with E-state index in [1.807, 2.05) is 21.1 Å². The van der Waals surface area contributed by atoms with Crippen molar-refractivity contribution in [2.45, 2.75) is 264 Å². The number of phosphoric acid groups is 1. The lowest BCUT2D eigenvalue weighted by molar-refractivity contribution is -0.870. The van der Waals surface area contributed by atoms with Gasteiger partial charge in [-0.25, -0.2) is 4.57 Å². The molecule has 2 atom stereocenters. The fraction of sp³-hybridized carbons (Fsp3) is 0.686. The first-order valence-corrected chi connectivity index (χ1v) is 33.8. The molecule has 0 aromatic heterocycles. The number of phosphoric ester groups is 1. The lowest BCUT2D eigenvalue weighted by Gasteiger charge is -2.24. The van der Waals surface area contributed by atoms with Crippen LogP contribution in [-0.4, -0.2) is 74.9 Å². The molecular weight excluding hydrogens is 1010 g/mol. The molecule has 9 nitrogen and oxygen atoms in total. The highest BCUT2D eigenvalue weighted by Crippen LogP contribution is 2.43. The predicted molar refractivity (Wildman–Crippen MR) is 344 cm³/mol. The molecule has 0 spiro atoms. The van der Waals surface area contributed by atoms with Crippen molar-refractivity contribution in [3.05, 3.63) is 122 Å². The lowest BCUT2D eigenvalue weighted by atomic mass is 10.0. The summed E-state index contributed by atoms with van der Waals surface area (Å²) in [5, 5.41) is 0. The molecule has 0 radical (unpaired) electrons. The van der Waals surface area contributed by atoms with Crippen LogP contribution in [0.1, 0.15) is 258 Å². The second-order valence-corrected chi connectivity index (χ2v) is 23.9. The van der Waals surface area contributed by atoms with Crippen molar-refractivity contribution < 1.29 is 42.1 Å². The van der Waals surface area contributed by atoms with Gasteiger partial charge in [0, 0.05) is 12.8 Å². The maximum Gasteiger partial charge on any atom is 0.472 e. The Balaban J connectivity index is 4.12. The topological polar surface area (TPSA) is 108 Å². The maximum atomic E-state index is 12.9. The van der Waals surface area contributed by atoms with E-state index in [1.54, 1.807) is 0 Å². The number of nitrogens with zero attached hydrogens (tertiary/aromatic N) is 1. The summed E-state index contributed by atoms with van der Waals surface area (Å²) in [5.74, 6) is -0.815. The zero-order valence-corrected chi connectivity index (χ0v) is 52.9. The van der Waals surface area contributed by atoms with Gasteiger partial charge < -0.3 is 18.9 Å². The molecule has 0 aromatic rings. The maximum absolute atomic E-state index is 12.9. The van der Waals surface area contributed by atoms with E-state index in [2.05, 4.69) is 135 Å². The fourth-order valence-corrected chi connectivity index (χ4v) is 9.27. The summed E-state index contributed by atoms with van der Waals surface area (Å²) in [6, 6.07) is 0. The van der Waals surface area contributed by atoms with Gasteiger partial charge >= 0.3 is 19.8 Å². The normalized spacial score (nSPS) is 14.0. The standard InChI is InChI=1S/C70H120NO8P/c1-6-8-10-12-14-16-18-20-22-24-26-28-29-30-31-32-33-34-35-36-37-38-39-40-41-43-45-47-49-51-53-55-57-59-61-63-70(73)79-68(67-78-80(74,75)77-65-64-71(3,4)5)66-76-69(72)62-60-58-56-54-52-50-48-46-44-42-27-25-23-21-19-17-15-13-11-9-7-2/h8,10,14,16,19-22,25-28,30-31,33-34,36-37,44,46,68H,6-7,9,11-13,15,17-18,23-24,29,32,35,38-43,45,47-67H2,1-5H3/p+1/b10-8-,16-14-,21-19-,22-20-,27-25-,28-26-,31-30-,34-33-,37-36-,46-44-. The molecule has 458 valence electrons. The van der Waals surface area contributed by atoms with Crippen molar-refractivity contribution in [2.24, 2.45) is 0 Å². The average Bonchev–Trinajstić information content (AvgIpc) is 3.42. The van der Waals surface area contributed by atoms with Crippen LogP contribution in [0.25, 0.3) is 0 Å². The van der Waals surface area contributed by atoms with E-state index in [-0.39, 0.29) is 32.0 Å². The third-order valence-electron chi connectivity index (χ3n) is 13.5. The van der Waals surface area contributed by atoms with Crippen LogP contribution in [0.4, 0.5) is 0 Å². The Labute approximate surface area is 492 Å². The number of allylic oxidation sites excluding steroid dienone is 20. The molecule has 0 saturated heterocycles. The molecule has 10 heteroatoms. The van der Waals surface area contributed by atoms with Gasteiger partial charge in [0.05, 0.1) is 27.7 Å². The number of carbonyl (C=O) groups is 2. The average molecular weight is 1140 g/mol. The number of rotatable bonds is 58. The van der Waals surface area contributed by atoms with Crippen LogP contribution >= 0.6 is 7.82 Å². The highest BCUT2D eigenvalue weighted by atomic mass is 31.2. The molecule has 1 N–H and O–H groups in total. The van der Waals surface area contributed by atoms with Crippen LogP contribution < -0.4 is 0 Å². The summed E-state index contributed by atoms with van der Waals surface area (Å²) in [6.07, 6.45) is 85.6. The van der Waals surface area contributed by atoms with E-state index in [1.165, 1.54) is 116 Å². The van der Waals surface area contributed by atoms with Gasteiger partial charge in [-0.1, -0.05) is 257 Å². The van der Waals surface area contributed by atoms with Crippen LogP contribution in [0.5, 0.6) is 0 Å². The first-order valence-electron chi connectivity index (χ1n) is 32.3. The lowest BCUT2D eigenvalue weighted by Crippen LogP contribution is -2.37. The van der Waals surface area contributed by atoms with Gasteiger partial charge in [-0.2, -0.15) is 0 Å².